The molecule has 1 aliphatic rings. The second-order valence-electron chi connectivity index (χ2n) is 1.73. The smallest absolute Gasteiger partial charge is 0 e. The zero-order chi connectivity index (χ0) is 4.24. The van der Waals surface area contributed by atoms with E-state index in [1.165, 1.54) is 19.3 Å². The second-order valence-corrected chi connectivity index (χ2v) is 1.73. The predicted octanol–water partition coefficient (Wildman–Crippen LogP) is 1.54. The molecule has 0 unspecified atom stereocenters. The van der Waals surface area contributed by atoms with Crippen molar-refractivity contribution in [1.29, 1.82) is 0 Å². The van der Waals surface area contributed by atoms with E-state index in [9.17, 15) is 0 Å². The Morgan fingerprint density at radius 1 is 0.857 bits per heavy atom. The van der Waals surface area contributed by atoms with Gasteiger partial charge in [0.25, 0.3) is 0 Å². The number of hydrogen-bond donors (Lipinski definition) is 0. The van der Waals surface area contributed by atoms with Gasteiger partial charge in [-0.2, -0.15) is 0 Å². The molecule has 0 N–H and O–H groups in total. The topological polar surface area (TPSA) is 14.1 Å². The van der Waals surface area contributed by atoms with Crippen molar-refractivity contribution in [2.45, 2.75) is 19.3 Å². The summed E-state index contributed by atoms with van der Waals surface area (Å²) >= 11 is 0. The summed E-state index contributed by atoms with van der Waals surface area (Å²) in [4.78, 5) is 0. The van der Waals surface area contributed by atoms with Gasteiger partial charge in [-0.15, -0.1) is 13.1 Å². The standard InChI is InChI=1S/C5H10N.Fe/c1-2-4-6-5-3-1;/h1-5H2;/q-1;. The maximum atomic E-state index is 4.18. The van der Waals surface area contributed by atoms with Gasteiger partial charge in [0.2, 0.25) is 0 Å². The van der Waals surface area contributed by atoms with Crippen LogP contribution in [0.4, 0.5) is 0 Å². The third-order valence-corrected chi connectivity index (χ3v) is 1.13. The molecule has 0 aromatic carbocycles. The molecular formula is C5H10FeN-. The van der Waals surface area contributed by atoms with Gasteiger partial charge >= 0.3 is 0 Å². The second kappa shape index (κ2) is 4.63. The van der Waals surface area contributed by atoms with E-state index in [0.717, 1.165) is 13.1 Å². The minimum absolute atomic E-state index is 0. The normalized spacial score (nSPS) is 20.6. The van der Waals surface area contributed by atoms with Crippen LogP contribution in [0.25, 0.3) is 5.32 Å². The van der Waals surface area contributed by atoms with Crippen molar-refractivity contribution in [3.8, 4) is 0 Å². The van der Waals surface area contributed by atoms with Crippen LogP contribution in [-0.4, -0.2) is 13.1 Å². The fourth-order valence-corrected chi connectivity index (χ4v) is 0.736. The molecule has 7 heavy (non-hydrogen) atoms. The van der Waals surface area contributed by atoms with Crippen LogP contribution in [0, 0.1) is 0 Å². The summed E-state index contributed by atoms with van der Waals surface area (Å²) in [5.41, 5.74) is 0. The van der Waals surface area contributed by atoms with Gasteiger partial charge in [-0.3, -0.25) is 0 Å². The van der Waals surface area contributed by atoms with E-state index in [2.05, 4.69) is 5.32 Å². The summed E-state index contributed by atoms with van der Waals surface area (Å²) < 4.78 is 0. The van der Waals surface area contributed by atoms with E-state index in [1.807, 2.05) is 0 Å². The molecule has 0 aromatic rings. The zero-order valence-electron chi connectivity index (χ0n) is 4.34. The van der Waals surface area contributed by atoms with Gasteiger partial charge < -0.3 is 5.32 Å². The third-order valence-electron chi connectivity index (χ3n) is 1.13. The van der Waals surface area contributed by atoms with Crippen LogP contribution in [0.3, 0.4) is 0 Å². The van der Waals surface area contributed by atoms with E-state index >= 15 is 0 Å². The van der Waals surface area contributed by atoms with Crippen LogP contribution in [0.15, 0.2) is 0 Å². The molecule has 1 aliphatic heterocycles. The molecular weight excluding hydrogens is 130 g/mol. The molecule has 44 valence electrons. The predicted molar refractivity (Wildman–Crippen MR) is 26.9 cm³/mol. The minimum atomic E-state index is 0. The fourth-order valence-electron chi connectivity index (χ4n) is 0.736. The fraction of sp³-hybridized carbons (Fsp3) is 1.00. The van der Waals surface area contributed by atoms with Gasteiger partial charge in [-0.25, -0.2) is 0 Å². The summed E-state index contributed by atoms with van der Waals surface area (Å²) in [6, 6.07) is 0. The monoisotopic (exact) mass is 140 g/mol. The first kappa shape index (κ1) is 7.48. The Morgan fingerprint density at radius 2 is 1.43 bits per heavy atom. The minimum Gasteiger partial charge on any atom is -0.662 e. The summed E-state index contributed by atoms with van der Waals surface area (Å²) in [5, 5.41) is 4.18. The molecule has 2 heteroatoms. The van der Waals surface area contributed by atoms with Gasteiger partial charge in [0.05, 0.1) is 0 Å². The molecule has 1 rings (SSSR count). The Labute approximate surface area is 55.3 Å². The maximum absolute atomic E-state index is 4.18. The average molecular weight is 140 g/mol. The Hall–Kier alpha value is 0.479. The van der Waals surface area contributed by atoms with Crippen molar-refractivity contribution in [2.24, 2.45) is 0 Å². The number of nitrogens with zero attached hydrogens (tertiary/aromatic N) is 1. The molecule has 0 spiro atoms. The summed E-state index contributed by atoms with van der Waals surface area (Å²) in [5.74, 6) is 0. The molecule has 0 radical (unpaired) electrons. The van der Waals surface area contributed by atoms with E-state index in [1.54, 1.807) is 0 Å². The van der Waals surface area contributed by atoms with E-state index in [0.29, 0.717) is 0 Å². The van der Waals surface area contributed by atoms with E-state index in [-0.39, 0.29) is 17.1 Å². The number of piperidine rings is 1. The molecule has 1 nitrogen and oxygen atoms in total. The van der Waals surface area contributed by atoms with Crippen molar-refractivity contribution >= 4 is 0 Å². The molecule has 1 saturated heterocycles. The van der Waals surface area contributed by atoms with Crippen LogP contribution in [-0.2, 0) is 17.1 Å². The number of rotatable bonds is 0. The first-order valence-corrected chi connectivity index (χ1v) is 2.63. The third kappa shape index (κ3) is 3.10. The Balaban J connectivity index is 0.000000360. The largest absolute Gasteiger partial charge is 0.662 e. The quantitative estimate of drug-likeness (QED) is 0.453. The Bertz CT molecular complexity index is 23.6. The SMILES string of the molecule is C1CC[N-]CC1.[Fe]. The first-order chi connectivity index (χ1) is 3.00. The molecule has 1 heterocycles. The molecule has 0 bridgehead atoms. The molecule has 0 atom stereocenters. The van der Waals surface area contributed by atoms with E-state index in [4.69, 9.17) is 0 Å². The zero-order valence-corrected chi connectivity index (χ0v) is 5.44. The van der Waals surface area contributed by atoms with Gasteiger partial charge in [-0.1, -0.05) is 19.3 Å². The van der Waals surface area contributed by atoms with Crippen LogP contribution < -0.4 is 0 Å². The van der Waals surface area contributed by atoms with Crippen molar-refractivity contribution in [3.63, 3.8) is 0 Å². The summed E-state index contributed by atoms with van der Waals surface area (Å²) in [6.07, 6.45) is 4.07. The van der Waals surface area contributed by atoms with Gasteiger partial charge in [-0.05, 0) is 0 Å². The van der Waals surface area contributed by atoms with Gasteiger partial charge in [0.15, 0.2) is 0 Å². The van der Waals surface area contributed by atoms with Crippen LogP contribution in [0.2, 0.25) is 0 Å². The molecule has 0 saturated carbocycles. The molecule has 0 aliphatic carbocycles. The van der Waals surface area contributed by atoms with Crippen LogP contribution in [0.1, 0.15) is 19.3 Å². The Kier molecular flexibility index (Phi) is 4.95. The van der Waals surface area contributed by atoms with Crippen LogP contribution >= 0.6 is 0 Å². The molecule has 0 aromatic heterocycles. The average Bonchev–Trinajstić information content (AvgIpc) is 1.72. The maximum Gasteiger partial charge on any atom is 0 e. The van der Waals surface area contributed by atoms with Crippen molar-refractivity contribution in [2.75, 3.05) is 13.1 Å². The van der Waals surface area contributed by atoms with Crippen LogP contribution in [0.5, 0.6) is 0 Å². The van der Waals surface area contributed by atoms with Gasteiger partial charge in [0, 0.05) is 17.1 Å². The van der Waals surface area contributed by atoms with E-state index < -0.39 is 0 Å². The molecule has 0 amide bonds. The first-order valence-electron chi connectivity index (χ1n) is 2.63. The van der Waals surface area contributed by atoms with Gasteiger partial charge in [0.1, 0.15) is 0 Å². The summed E-state index contributed by atoms with van der Waals surface area (Å²) in [6.45, 7) is 2.25. The molecule has 1 fully saturated rings. The number of hydrogen-bond acceptors (Lipinski definition) is 0. The van der Waals surface area contributed by atoms with Crippen molar-refractivity contribution in [3.05, 3.63) is 5.32 Å². The van der Waals surface area contributed by atoms with Crippen molar-refractivity contribution < 1.29 is 17.1 Å². The summed E-state index contributed by atoms with van der Waals surface area (Å²) in [7, 11) is 0. The Morgan fingerprint density at radius 3 is 1.57 bits per heavy atom. The van der Waals surface area contributed by atoms with Crippen molar-refractivity contribution in [1.82, 2.24) is 0 Å².